The maximum atomic E-state index is 13.8. The molecule has 3 atom stereocenters. The maximum Gasteiger partial charge on any atom is 0.405 e. The van der Waals surface area contributed by atoms with Gasteiger partial charge in [0.1, 0.15) is 11.8 Å². The van der Waals surface area contributed by atoms with Crippen molar-refractivity contribution in [1.82, 2.24) is 10.0 Å². The number of nitrogens with one attached hydrogen (secondary N) is 2. The van der Waals surface area contributed by atoms with Gasteiger partial charge >= 0.3 is 6.18 Å². The van der Waals surface area contributed by atoms with Crippen LogP contribution in [0.1, 0.15) is 23.1 Å². The zero-order valence-corrected chi connectivity index (χ0v) is 18.0. The van der Waals surface area contributed by atoms with Gasteiger partial charge in [-0.15, -0.1) is 0 Å². The number of halogens is 3. The molecule has 0 amide bonds. The van der Waals surface area contributed by atoms with Crippen LogP contribution in [0.2, 0.25) is 0 Å². The maximum absolute atomic E-state index is 13.8. The van der Waals surface area contributed by atoms with E-state index in [2.05, 4.69) is 5.32 Å². The van der Waals surface area contributed by atoms with Gasteiger partial charge in [-0.2, -0.15) is 17.9 Å². The molecule has 0 saturated heterocycles. The highest BCUT2D eigenvalue weighted by atomic mass is 32.2. The number of aryl methyl sites for hydroxylation is 3. The molecule has 2 N–H and O–H groups in total. The number of hydrogen-bond donors (Lipinski definition) is 2. The third-order valence-corrected chi connectivity index (χ3v) is 7.14. The van der Waals surface area contributed by atoms with Gasteiger partial charge in [0, 0.05) is 5.92 Å². The number of rotatable bonds is 6. The summed E-state index contributed by atoms with van der Waals surface area (Å²) in [5, 5.41) is 3.03. The molecule has 0 spiro atoms. The van der Waals surface area contributed by atoms with Crippen LogP contribution in [-0.2, 0) is 14.8 Å². The number of ether oxygens (including phenoxy) is 1. The van der Waals surface area contributed by atoms with Gasteiger partial charge in [-0.1, -0.05) is 29.8 Å². The topological polar surface area (TPSA) is 67.4 Å². The fraction of sp³-hybridized carbons (Fsp3) is 0.429. The number of fused-ring (bicyclic) bond motifs is 1. The molecule has 3 rings (SSSR count). The van der Waals surface area contributed by atoms with Crippen LogP contribution in [0.15, 0.2) is 52.8 Å². The van der Waals surface area contributed by atoms with Gasteiger partial charge in [-0.05, 0) is 56.2 Å². The zero-order valence-electron chi connectivity index (χ0n) is 17.2. The van der Waals surface area contributed by atoms with Crippen molar-refractivity contribution in [2.75, 3.05) is 7.11 Å². The fourth-order valence-electron chi connectivity index (χ4n) is 4.17. The first-order chi connectivity index (χ1) is 13.9. The van der Waals surface area contributed by atoms with Crippen LogP contribution in [0.3, 0.4) is 0 Å². The SMILES string of the molecule is COC1=CC=CC2C(CC(NS(=O)(=O)c3c(C)cc(C)cc3C)C(F)(F)F)=CNC12. The summed E-state index contributed by atoms with van der Waals surface area (Å²) in [4.78, 5) is -0.110. The van der Waals surface area contributed by atoms with E-state index in [1.165, 1.54) is 13.3 Å². The van der Waals surface area contributed by atoms with E-state index in [1.54, 1.807) is 51.1 Å². The summed E-state index contributed by atoms with van der Waals surface area (Å²) in [7, 11) is -2.88. The second-order valence-electron chi connectivity index (χ2n) is 7.69. The van der Waals surface area contributed by atoms with Crippen LogP contribution in [0, 0.1) is 26.7 Å². The van der Waals surface area contributed by atoms with Crippen molar-refractivity contribution in [1.29, 1.82) is 0 Å². The summed E-state index contributed by atoms with van der Waals surface area (Å²) in [6.07, 6.45) is 1.53. The molecule has 0 saturated carbocycles. The lowest BCUT2D eigenvalue weighted by molar-refractivity contribution is -0.151. The molecule has 0 fully saturated rings. The second kappa shape index (κ2) is 8.11. The number of sulfonamides is 1. The van der Waals surface area contributed by atoms with Gasteiger partial charge in [-0.25, -0.2) is 8.42 Å². The Morgan fingerprint density at radius 2 is 1.83 bits per heavy atom. The van der Waals surface area contributed by atoms with E-state index in [4.69, 9.17) is 4.74 Å². The van der Waals surface area contributed by atoms with Gasteiger partial charge in [0.05, 0.1) is 18.0 Å². The third kappa shape index (κ3) is 4.41. The minimum absolute atomic E-state index is 0.110. The monoisotopic (exact) mass is 442 g/mol. The Morgan fingerprint density at radius 3 is 2.40 bits per heavy atom. The minimum atomic E-state index is -4.75. The van der Waals surface area contributed by atoms with E-state index in [0.29, 0.717) is 22.5 Å². The molecule has 1 aromatic carbocycles. The van der Waals surface area contributed by atoms with Crippen molar-refractivity contribution in [3.63, 3.8) is 0 Å². The van der Waals surface area contributed by atoms with Crippen molar-refractivity contribution in [3.05, 3.63) is 64.6 Å². The summed E-state index contributed by atoms with van der Waals surface area (Å²) < 4.78 is 74.5. The molecule has 1 aliphatic carbocycles. The molecule has 3 unspecified atom stereocenters. The van der Waals surface area contributed by atoms with Crippen LogP contribution < -0.4 is 10.0 Å². The molecular weight excluding hydrogens is 417 g/mol. The van der Waals surface area contributed by atoms with Crippen LogP contribution in [0.4, 0.5) is 13.2 Å². The van der Waals surface area contributed by atoms with Crippen LogP contribution in [-0.4, -0.2) is 33.8 Å². The number of allylic oxidation sites excluding steroid dienone is 2. The van der Waals surface area contributed by atoms with Crippen molar-refractivity contribution < 1.29 is 26.3 Å². The molecule has 1 heterocycles. The molecule has 0 radical (unpaired) electrons. The van der Waals surface area contributed by atoms with E-state index in [-0.39, 0.29) is 16.9 Å². The molecule has 5 nitrogen and oxygen atoms in total. The van der Waals surface area contributed by atoms with Crippen LogP contribution >= 0.6 is 0 Å². The van der Waals surface area contributed by atoms with E-state index in [9.17, 15) is 21.6 Å². The first kappa shape index (κ1) is 22.4. The molecule has 9 heteroatoms. The van der Waals surface area contributed by atoms with E-state index in [0.717, 1.165) is 5.56 Å². The third-order valence-electron chi connectivity index (χ3n) is 5.36. The van der Waals surface area contributed by atoms with Gasteiger partial charge in [0.25, 0.3) is 0 Å². The highest BCUT2D eigenvalue weighted by Gasteiger charge is 2.45. The Hall–Kier alpha value is -2.26. The number of hydrogen-bond acceptors (Lipinski definition) is 4. The number of benzene rings is 1. The lowest BCUT2D eigenvalue weighted by atomic mass is 9.87. The predicted octanol–water partition coefficient (Wildman–Crippen LogP) is 3.78. The van der Waals surface area contributed by atoms with E-state index < -0.39 is 28.7 Å². The molecule has 1 aliphatic heterocycles. The number of methoxy groups -OCH3 is 1. The Morgan fingerprint density at radius 1 is 1.20 bits per heavy atom. The summed E-state index contributed by atoms with van der Waals surface area (Å²) in [5.74, 6) is 0.283. The first-order valence-electron chi connectivity index (χ1n) is 9.48. The second-order valence-corrected chi connectivity index (χ2v) is 9.35. The molecule has 0 aromatic heterocycles. The molecule has 0 bridgehead atoms. The minimum Gasteiger partial charge on any atom is -0.499 e. The Kier molecular flexibility index (Phi) is 6.06. The van der Waals surface area contributed by atoms with Crippen LogP contribution in [0.25, 0.3) is 0 Å². The summed E-state index contributed by atoms with van der Waals surface area (Å²) in [6, 6.07) is 0.745. The summed E-state index contributed by atoms with van der Waals surface area (Å²) in [5.41, 5.74) is 2.12. The average molecular weight is 443 g/mol. The quantitative estimate of drug-likeness (QED) is 0.704. The molecule has 30 heavy (non-hydrogen) atoms. The molecule has 164 valence electrons. The van der Waals surface area contributed by atoms with Crippen molar-refractivity contribution in [2.24, 2.45) is 5.92 Å². The Labute approximate surface area is 174 Å². The van der Waals surface area contributed by atoms with E-state index in [1.807, 2.05) is 4.72 Å². The summed E-state index contributed by atoms with van der Waals surface area (Å²) >= 11 is 0. The lowest BCUT2D eigenvalue weighted by Crippen LogP contribution is -2.46. The molecule has 2 aliphatic rings. The van der Waals surface area contributed by atoms with Crippen molar-refractivity contribution in [3.8, 4) is 0 Å². The normalized spacial score (nSPS) is 22.1. The van der Waals surface area contributed by atoms with E-state index >= 15 is 0 Å². The Bertz CT molecular complexity index is 1000. The van der Waals surface area contributed by atoms with Crippen molar-refractivity contribution >= 4 is 10.0 Å². The zero-order chi connectivity index (χ0) is 22.3. The molecule has 1 aromatic rings. The van der Waals surface area contributed by atoms with Gasteiger partial charge in [0.15, 0.2) is 0 Å². The van der Waals surface area contributed by atoms with Gasteiger partial charge < -0.3 is 10.1 Å². The highest BCUT2D eigenvalue weighted by molar-refractivity contribution is 7.89. The molecular formula is C21H25F3N2O3S. The standard InChI is InChI=1S/C21H25F3N2O3S/c1-12-8-13(2)20(14(3)9-12)30(27,28)26-18(21(22,23)24)10-15-11-25-19-16(15)6-5-7-17(19)29-4/h5-9,11,16,18-19,25-26H,10H2,1-4H3. The van der Waals surface area contributed by atoms with Crippen molar-refractivity contribution in [2.45, 2.75) is 50.3 Å². The first-order valence-corrected chi connectivity index (χ1v) is 11.0. The fourth-order valence-corrected chi connectivity index (χ4v) is 5.84. The lowest BCUT2D eigenvalue weighted by Gasteiger charge is -2.27. The van der Waals surface area contributed by atoms with Crippen LogP contribution in [0.5, 0.6) is 0 Å². The largest absolute Gasteiger partial charge is 0.499 e. The highest BCUT2D eigenvalue weighted by Crippen LogP contribution is 2.36. The predicted molar refractivity (Wildman–Crippen MR) is 108 cm³/mol. The summed E-state index contributed by atoms with van der Waals surface area (Å²) in [6.45, 7) is 4.96. The smallest absolute Gasteiger partial charge is 0.405 e. The average Bonchev–Trinajstić information content (AvgIpc) is 3.02. The van der Waals surface area contributed by atoms with Gasteiger partial charge in [0.2, 0.25) is 10.0 Å². The van der Waals surface area contributed by atoms with Gasteiger partial charge in [-0.3, -0.25) is 0 Å². The Balaban J connectivity index is 1.87. The number of alkyl halides is 3.